The predicted octanol–water partition coefficient (Wildman–Crippen LogP) is 2.78. The smallest absolute Gasteiger partial charge is 0.253 e. The van der Waals surface area contributed by atoms with Gasteiger partial charge in [-0.15, -0.1) is 0 Å². The van der Waals surface area contributed by atoms with Gasteiger partial charge in [0.1, 0.15) is 5.82 Å². The molecule has 1 fully saturated rings. The Labute approximate surface area is 181 Å². The monoisotopic (exact) mass is 414 g/mol. The molecule has 4 aromatic rings. The molecule has 1 saturated heterocycles. The standard InChI is InChI=1S/C24H26N6O/c1-27-22-5-3-2-4-21(22)26-23(27)17-28-12-14-30(15-13-28)24(31)20-8-6-19(7-9-20)16-29-11-10-25-18-29/h2-11,18H,12-17H2,1H3. The number of piperazine rings is 1. The van der Waals surface area contributed by atoms with E-state index in [1.54, 1.807) is 12.5 Å². The van der Waals surface area contributed by atoms with Crippen molar-refractivity contribution < 1.29 is 4.79 Å². The number of aromatic nitrogens is 4. The number of hydrogen-bond acceptors (Lipinski definition) is 4. The van der Waals surface area contributed by atoms with Crippen LogP contribution >= 0.6 is 0 Å². The lowest BCUT2D eigenvalue weighted by atomic mass is 10.1. The van der Waals surface area contributed by atoms with Crippen molar-refractivity contribution in [2.75, 3.05) is 26.2 Å². The molecular weight excluding hydrogens is 388 g/mol. The van der Waals surface area contributed by atoms with Gasteiger partial charge in [-0.25, -0.2) is 9.97 Å². The number of imidazole rings is 2. The summed E-state index contributed by atoms with van der Waals surface area (Å²) in [6, 6.07) is 16.1. The molecule has 0 atom stereocenters. The van der Waals surface area contributed by atoms with Gasteiger partial charge in [-0.2, -0.15) is 0 Å². The number of amides is 1. The van der Waals surface area contributed by atoms with Crippen molar-refractivity contribution in [3.63, 3.8) is 0 Å². The average Bonchev–Trinajstić information content (AvgIpc) is 3.43. The molecule has 1 aliphatic rings. The number of nitrogens with zero attached hydrogens (tertiary/aromatic N) is 6. The van der Waals surface area contributed by atoms with Crippen molar-refractivity contribution in [1.82, 2.24) is 28.9 Å². The zero-order chi connectivity index (χ0) is 21.2. The molecule has 5 rings (SSSR count). The Kier molecular flexibility index (Phi) is 5.26. The van der Waals surface area contributed by atoms with Crippen LogP contribution in [0.3, 0.4) is 0 Å². The lowest BCUT2D eigenvalue weighted by Crippen LogP contribution is -2.48. The molecule has 1 amide bonds. The Hall–Kier alpha value is -3.45. The molecule has 0 unspecified atom stereocenters. The summed E-state index contributed by atoms with van der Waals surface area (Å²) in [6.45, 7) is 4.74. The lowest BCUT2D eigenvalue weighted by Gasteiger charge is -2.34. The molecule has 0 spiro atoms. The highest BCUT2D eigenvalue weighted by atomic mass is 16.2. The highest BCUT2D eigenvalue weighted by molar-refractivity contribution is 5.94. The first-order valence-electron chi connectivity index (χ1n) is 10.6. The van der Waals surface area contributed by atoms with Crippen LogP contribution in [0, 0.1) is 0 Å². The van der Waals surface area contributed by atoms with Gasteiger partial charge in [0, 0.05) is 57.7 Å². The van der Waals surface area contributed by atoms with Crippen LogP contribution in [-0.4, -0.2) is 61.0 Å². The minimum Gasteiger partial charge on any atom is -0.336 e. The Morgan fingerprint density at radius 3 is 2.45 bits per heavy atom. The fourth-order valence-electron chi connectivity index (χ4n) is 4.17. The van der Waals surface area contributed by atoms with Gasteiger partial charge in [-0.1, -0.05) is 24.3 Å². The average molecular weight is 415 g/mol. The molecule has 3 heterocycles. The molecule has 0 N–H and O–H groups in total. The SMILES string of the molecule is Cn1c(CN2CCN(C(=O)c3ccc(Cn4ccnc4)cc3)CC2)nc2ccccc21. The van der Waals surface area contributed by atoms with E-state index < -0.39 is 0 Å². The number of para-hydroxylation sites is 2. The van der Waals surface area contributed by atoms with E-state index in [0.29, 0.717) is 0 Å². The van der Waals surface area contributed by atoms with E-state index in [4.69, 9.17) is 4.98 Å². The van der Waals surface area contributed by atoms with Crippen LogP contribution < -0.4 is 0 Å². The molecule has 0 aliphatic carbocycles. The van der Waals surface area contributed by atoms with Gasteiger partial charge < -0.3 is 14.0 Å². The minimum absolute atomic E-state index is 0.108. The van der Waals surface area contributed by atoms with Crippen LogP contribution in [0.25, 0.3) is 11.0 Å². The summed E-state index contributed by atoms with van der Waals surface area (Å²) >= 11 is 0. The second-order valence-electron chi connectivity index (χ2n) is 8.08. The van der Waals surface area contributed by atoms with Crippen LogP contribution in [0.1, 0.15) is 21.7 Å². The predicted molar refractivity (Wildman–Crippen MR) is 120 cm³/mol. The van der Waals surface area contributed by atoms with Crippen LogP contribution in [0.15, 0.2) is 67.3 Å². The second kappa shape index (κ2) is 8.35. The first-order valence-corrected chi connectivity index (χ1v) is 10.6. The van der Waals surface area contributed by atoms with E-state index >= 15 is 0 Å². The third kappa shape index (κ3) is 4.09. The first kappa shape index (κ1) is 19.5. The highest BCUT2D eigenvalue weighted by Gasteiger charge is 2.23. The number of carbonyl (C=O) groups excluding carboxylic acids is 1. The number of aryl methyl sites for hydroxylation is 1. The van der Waals surface area contributed by atoms with E-state index in [0.717, 1.165) is 67.3 Å². The Bertz CT molecular complexity index is 1170. The van der Waals surface area contributed by atoms with Crippen molar-refractivity contribution >= 4 is 16.9 Å². The van der Waals surface area contributed by atoms with Gasteiger partial charge >= 0.3 is 0 Å². The normalized spacial score (nSPS) is 14.9. The first-order chi connectivity index (χ1) is 15.2. The van der Waals surface area contributed by atoms with Crippen LogP contribution in [-0.2, 0) is 20.1 Å². The molecule has 31 heavy (non-hydrogen) atoms. The van der Waals surface area contributed by atoms with Gasteiger partial charge in [-0.3, -0.25) is 9.69 Å². The summed E-state index contributed by atoms with van der Waals surface area (Å²) in [4.78, 5) is 26.1. The number of hydrogen-bond donors (Lipinski definition) is 0. The summed E-state index contributed by atoms with van der Waals surface area (Å²) in [5, 5.41) is 0. The van der Waals surface area contributed by atoms with Gasteiger partial charge in [0.2, 0.25) is 0 Å². The largest absolute Gasteiger partial charge is 0.336 e. The zero-order valence-corrected chi connectivity index (χ0v) is 17.7. The maximum Gasteiger partial charge on any atom is 0.253 e. The van der Waals surface area contributed by atoms with Crippen molar-refractivity contribution in [3.05, 3.63) is 84.2 Å². The van der Waals surface area contributed by atoms with Crippen LogP contribution in [0.4, 0.5) is 0 Å². The quantitative estimate of drug-likeness (QED) is 0.504. The summed E-state index contributed by atoms with van der Waals surface area (Å²) in [5.41, 5.74) is 4.09. The van der Waals surface area contributed by atoms with Gasteiger partial charge in [-0.05, 0) is 29.8 Å². The summed E-state index contributed by atoms with van der Waals surface area (Å²) < 4.78 is 4.18. The van der Waals surface area contributed by atoms with Gasteiger partial charge in [0.25, 0.3) is 5.91 Å². The molecule has 1 aliphatic heterocycles. The fourth-order valence-corrected chi connectivity index (χ4v) is 4.17. The van der Waals surface area contributed by atoms with E-state index in [1.165, 1.54) is 0 Å². The van der Waals surface area contributed by atoms with Crippen LogP contribution in [0.5, 0.6) is 0 Å². The van der Waals surface area contributed by atoms with Crippen molar-refractivity contribution in [3.8, 4) is 0 Å². The van der Waals surface area contributed by atoms with E-state index in [9.17, 15) is 4.79 Å². The van der Waals surface area contributed by atoms with E-state index in [1.807, 2.05) is 52.1 Å². The van der Waals surface area contributed by atoms with Crippen LogP contribution in [0.2, 0.25) is 0 Å². The molecule has 0 saturated carbocycles. The second-order valence-corrected chi connectivity index (χ2v) is 8.08. The third-order valence-electron chi connectivity index (χ3n) is 6.03. The Balaban J connectivity index is 1.18. The molecule has 0 radical (unpaired) electrons. The number of carbonyl (C=O) groups is 1. The maximum atomic E-state index is 12.9. The molecule has 7 heteroatoms. The summed E-state index contributed by atoms with van der Waals surface area (Å²) in [5.74, 6) is 1.17. The molecule has 158 valence electrons. The molecule has 0 bridgehead atoms. The molecular formula is C24H26N6O. The van der Waals surface area contributed by atoms with E-state index in [-0.39, 0.29) is 5.91 Å². The maximum absolute atomic E-state index is 12.9. The lowest BCUT2D eigenvalue weighted by molar-refractivity contribution is 0.0624. The van der Waals surface area contributed by atoms with Gasteiger partial charge in [0.05, 0.1) is 23.9 Å². The Morgan fingerprint density at radius 1 is 0.968 bits per heavy atom. The third-order valence-corrected chi connectivity index (χ3v) is 6.03. The Morgan fingerprint density at radius 2 is 1.74 bits per heavy atom. The molecule has 2 aromatic carbocycles. The van der Waals surface area contributed by atoms with Crippen molar-refractivity contribution in [2.45, 2.75) is 13.1 Å². The van der Waals surface area contributed by atoms with Gasteiger partial charge in [0.15, 0.2) is 0 Å². The number of benzene rings is 2. The highest BCUT2D eigenvalue weighted by Crippen LogP contribution is 2.17. The fraction of sp³-hybridized carbons (Fsp3) is 0.292. The molecule has 2 aromatic heterocycles. The number of fused-ring (bicyclic) bond motifs is 1. The molecule has 7 nitrogen and oxygen atoms in total. The minimum atomic E-state index is 0.108. The summed E-state index contributed by atoms with van der Waals surface area (Å²) in [6.07, 6.45) is 5.51. The van der Waals surface area contributed by atoms with Crippen molar-refractivity contribution in [1.29, 1.82) is 0 Å². The van der Waals surface area contributed by atoms with Crippen molar-refractivity contribution in [2.24, 2.45) is 7.05 Å². The van der Waals surface area contributed by atoms with E-state index in [2.05, 4.69) is 33.6 Å². The summed E-state index contributed by atoms with van der Waals surface area (Å²) in [7, 11) is 2.07. The zero-order valence-electron chi connectivity index (χ0n) is 17.7. The number of rotatable bonds is 5. The topological polar surface area (TPSA) is 59.2 Å².